The Hall–Kier alpha value is -2.22. The first-order valence-corrected chi connectivity index (χ1v) is 8.42. The zero-order valence-electron chi connectivity index (χ0n) is 14.4. The summed E-state index contributed by atoms with van der Waals surface area (Å²) < 4.78 is 0. The third kappa shape index (κ3) is 3.64. The Morgan fingerprint density at radius 2 is 2.12 bits per heavy atom. The van der Waals surface area contributed by atoms with Crippen LogP contribution in [0.2, 0.25) is 0 Å². The average molecular weight is 331 g/mol. The minimum Gasteiger partial charge on any atom is -0.382 e. The molecule has 3 atom stereocenters. The van der Waals surface area contributed by atoms with Crippen molar-refractivity contribution in [2.45, 2.75) is 33.2 Å². The van der Waals surface area contributed by atoms with Crippen molar-refractivity contribution >= 4 is 22.9 Å². The topological polar surface area (TPSA) is 113 Å². The van der Waals surface area contributed by atoms with Gasteiger partial charge in [-0.1, -0.05) is 13.8 Å². The molecule has 0 radical (unpaired) electrons. The summed E-state index contributed by atoms with van der Waals surface area (Å²) >= 11 is 0. The lowest BCUT2D eigenvalue weighted by Crippen LogP contribution is -2.47. The fourth-order valence-electron chi connectivity index (χ4n) is 3.62. The highest BCUT2D eigenvalue weighted by atomic mass is 16.2. The Balaban J connectivity index is 1.62. The fraction of sp³-hybridized carbons (Fsp3) is 0.625. The van der Waals surface area contributed by atoms with E-state index in [4.69, 9.17) is 5.73 Å². The van der Waals surface area contributed by atoms with Crippen molar-refractivity contribution in [2.24, 2.45) is 11.8 Å². The molecule has 1 amide bonds. The third-order valence-corrected chi connectivity index (χ3v) is 4.37. The first-order valence-electron chi connectivity index (χ1n) is 8.42. The number of fused-ring (bicyclic) bond motifs is 1. The summed E-state index contributed by atoms with van der Waals surface area (Å²) in [5, 5.41) is 2.96. The van der Waals surface area contributed by atoms with Crippen molar-refractivity contribution in [1.82, 2.24) is 30.2 Å². The summed E-state index contributed by atoms with van der Waals surface area (Å²) in [7, 11) is 0. The molecule has 1 saturated heterocycles. The highest BCUT2D eigenvalue weighted by Gasteiger charge is 2.24. The van der Waals surface area contributed by atoms with E-state index in [9.17, 15) is 4.79 Å². The number of anilines is 1. The lowest BCUT2D eigenvalue weighted by atomic mass is 9.92. The van der Waals surface area contributed by atoms with Crippen LogP contribution in [-0.4, -0.2) is 56.4 Å². The molecule has 8 nitrogen and oxygen atoms in total. The van der Waals surface area contributed by atoms with Crippen LogP contribution in [-0.2, 0) is 0 Å². The number of H-pyrrole nitrogens is 1. The maximum Gasteiger partial charge on any atom is 0.289 e. The number of piperidine rings is 1. The molecule has 2 aromatic rings. The molecular formula is C16H25N7O. The van der Waals surface area contributed by atoms with Crippen LogP contribution < -0.4 is 11.1 Å². The van der Waals surface area contributed by atoms with Gasteiger partial charge in [-0.05, 0) is 25.2 Å². The van der Waals surface area contributed by atoms with Crippen LogP contribution in [0.25, 0.3) is 11.2 Å². The number of carbonyl (C=O) groups excluding carboxylic acids is 1. The number of nitrogens with two attached hydrogens (primary N) is 1. The summed E-state index contributed by atoms with van der Waals surface area (Å²) in [6, 6.07) is 0.00899. The summed E-state index contributed by atoms with van der Waals surface area (Å²) in [5.41, 5.74) is 6.79. The van der Waals surface area contributed by atoms with Gasteiger partial charge < -0.3 is 20.9 Å². The number of carbonyl (C=O) groups is 1. The Bertz CT molecular complexity index is 718. The predicted octanol–water partition coefficient (Wildman–Crippen LogP) is 1.03. The molecule has 3 unspecified atom stereocenters. The first kappa shape index (κ1) is 16.6. The van der Waals surface area contributed by atoms with Gasteiger partial charge in [-0.15, -0.1) is 0 Å². The van der Waals surface area contributed by atoms with Gasteiger partial charge in [-0.3, -0.25) is 4.79 Å². The second-order valence-electron chi connectivity index (χ2n) is 7.07. The lowest BCUT2D eigenvalue weighted by molar-refractivity contribution is 0.0895. The van der Waals surface area contributed by atoms with Crippen molar-refractivity contribution in [3.8, 4) is 0 Å². The summed E-state index contributed by atoms with van der Waals surface area (Å²) in [4.78, 5) is 29.9. The van der Waals surface area contributed by atoms with E-state index in [0.29, 0.717) is 23.0 Å². The van der Waals surface area contributed by atoms with Crippen LogP contribution in [0.15, 0.2) is 6.33 Å². The van der Waals surface area contributed by atoms with Crippen molar-refractivity contribution < 1.29 is 4.79 Å². The van der Waals surface area contributed by atoms with E-state index in [2.05, 4.69) is 44.0 Å². The van der Waals surface area contributed by atoms with Crippen LogP contribution in [0.5, 0.6) is 0 Å². The van der Waals surface area contributed by atoms with Crippen molar-refractivity contribution in [3.05, 3.63) is 12.2 Å². The molecule has 0 aliphatic carbocycles. The Labute approximate surface area is 141 Å². The van der Waals surface area contributed by atoms with Crippen molar-refractivity contribution in [2.75, 3.05) is 25.4 Å². The van der Waals surface area contributed by atoms with Gasteiger partial charge in [-0.25, -0.2) is 15.0 Å². The molecule has 0 saturated carbocycles. The van der Waals surface area contributed by atoms with E-state index in [1.165, 1.54) is 12.7 Å². The summed E-state index contributed by atoms with van der Waals surface area (Å²) in [5.74, 6) is 1.36. The van der Waals surface area contributed by atoms with Crippen molar-refractivity contribution in [3.63, 3.8) is 0 Å². The molecule has 1 aliphatic heterocycles. The van der Waals surface area contributed by atoms with E-state index >= 15 is 0 Å². The van der Waals surface area contributed by atoms with Gasteiger partial charge >= 0.3 is 0 Å². The SMILES string of the molecule is CC1CC(C)CN(CC(C)NC(=O)c2nc(N)c3[nH]cnc3n2)C1. The molecule has 0 bridgehead atoms. The van der Waals surface area contributed by atoms with Gasteiger partial charge in [0.15, 0.2) is 11.5 Å². The highest BCUT2D eigenvalue weighted by molar-refractivity contribution is 5.94. The van der Waals surface area contributed by atoms with E-state index in [1.807, 2.05) is 6.92 Å². The van der Waals surface area contributed by atoms with Gasteiger partial charge in [0.25, 0.3) is 5.91 Å². The third-order valence-electron chi connectivity index (χ3n) is 4.37. The van der Waals surface area contributed by atoms with Gasteiger partial charge in [0.05, 0.1) is 6.33 Å². The molecule has 3 rings (SSSR count). The minimum absolute atomic E-state index is 0.00899. The monoisotopic (exact) mass is 331 g/mol. The zero-order chi connectivity index (χ0) is 17.3. The Morgan fingerprint density at radius 1 is 1.42 bits per heavy atom. The van der Waals surface area contributed by atoms with Crippen LogP contribution in [0.4, 0.5) is 5.82 Å². The number of aromatic amines is 1. The molecule has 8 heteroatoms. The standard InChI is InChI=1S/C16H25N7O/c1-9-4-10(2)6-23(5-9)7-11(3)20-16(24)15-21-13(17)12-14(22-15)19-8-18-12/h8-11H,4-7H2,1-3H3,(H,20,24)(H3,17,18,19,21,22). The average Bonchev–Trinajstić information content (AvgIpc) is 2.94. The molecular weight excluding hydrogens is 306 g/mol. The highest BCUT2D eigenvalue weighted by Crippen LogP contribution is 2.21. The molecule has 1 aliphatic rings. The lowest BCUT2D eigenvalue weighted by Gasteiger charge is -2.36. The number of hydrogen-bond donors (Lipinski definition) is 3. The molecule has 3 heterocycles. The predicted molar refractivity (Wildman–Crippen MR) is 92.4 cm³/mol. The number of hydrogen-bond acceptors (Lipinski definition) is 6. The Morgan fingerprint density at radius 3 is 2.83 bits per heavy atom. The number of nitrogen functional groups attached to an aromatic ring is 1. The smallest absolute Gasteiger partial charge is 0.289 e. The quantitative estimate of drug-likeness (QED) is 0.771. The summed E-state index contributed by atoms with van der Waals surface area (Å²) in [6.07, 6.45) is 2.76. The first-order chi connectivity index (χ1) is 11.4. The number of nitrogens with zero attached hydrogens (tertiary/aromatic N) is 4. The van der Waals surface area contributed by atoms with Gasteiger partial charge in [0, 0.05) is 25.7 Å². The van der Waals surface area contributed by atoms with Gasteiger partial charge in [0.1, 0.15) is 5.52 Å². The molecule has 24 heavy (non-hydrogen) atoms. The molecule has 2 aromatic heterocycles. The molecule has 0 spiro atoms. The second-order valence-corrected chi connectivity index (χ2v) is 7.07. The zero-order valence-corrected chi connectivity index (χ0v) is 14.4. The number of imidazole rings is 1. The van der Waals surface area contributed by atoms with Crippen LogP contribution in [0, 0.1) is 11.8 Å². The normalized spacial score (nSPS) is 23.3. The van der Waals surface area contributed by atoms with E-state index in [-0.39, 0.29) is 23.6 Å². The van der Waals surface area contributed by atoms with Crippen LogP contribution in [0.3, 0.4) is 0 Å². The summed E-state index contributed by atoms with van der Waals surface area (Å²) in [6.45, 7) is 9.53. The van der Waals surface area contributed by atoms with E-state index in [0.717, 1.165) is 19.6 Å². The Kier molecular flexibility index (Phi) is 4.66. The molecule has 1 fully saturated rings. The minimum atomic E-state index is -0.322. The van der Waals surface area contributed by atoms with Crippen LogP contribution in [0.1, 0.15) is 37.8 Å². The number of likely N-dealkylation sites (tertiary alicyclic amines) is 1. The number of rotatable bonds is 4. The van der Waals surface area contributed by atoms with Gasteiger partial charge in [-0.2, -0.15) is 0 Å². The number of nitrogens with one attached hydrogen (secondary N) is 2. The number of aromatic nitrogens is 4. The van der Waals surface area contributed by atoms with E-state index in [1.54, 1.807) is 0 Å². The fourth-order valence-corrected chi connectivity index (χ4v) is 3.62. The van der Waals surface area contributed by atoms with Crippen molar-refractivity contribution in [1.29, 1.82) is 0 Å². The molecule has 130 valence electrons. The van der Waals surface area contributed by atoms with Gasteiger partial charge in [0.2, 0.25) is 5.82 Å². The van der Waals surface area contributed by atoms with E-state index < -0.39 is 0 Å². The molecule has 4 N–H and O–H groups in total. The maximum absolute atomic E-state index is 12.4. The maximum atomic E-state index is 12.4. The largest absolute Gasteiger partial charge is 0.382 e. The number of amides is 1. The van der Waals surface area contributed by atoms with Crippen LogP contribution >= 0.6 is 0 Å². The second kappa shape index (κ2) is 6.72. The molecule has 0 aromatic carbocycles.